The summed E-state index contributed by atoms with van der Waals surface area (Å²) in [6.07, 6.45) is 0.487. The minimum Gasteiger partial charge on any atom is -0.282 e. The molecule has 0 aliphatic rings. The van der Waals surface area contributed by atoms with E-state index in [1.165, 1.54) is 18.2 Å². The predicted molar refractivity (Wildman–Crippen MR) is 74.9 cm³/mol. The van der Waals surface area contributed by atoms with Gasteiger partial charge < -0.3 is 0 Å². The minimum absolute atomic E-state index is 0.00496. The summed E-state index contributed by atoms with van der Waals surface area (Å²) in [6, 6.07) is 3.82. The normalized spacial score (nSPS) is 12.4. The highest BCUT2D eigenvalue weighted by Crippen LogP contribution is 2.28. The molecule has 0 radical (unpaired) electrons. The quantitative estimate of drug-likeness (QED) is 0.801. The average Bonchev–Trinajstić information content (AvgIpc) is 2.19. The van der Waals surface area contributed by atoms with Gasteiger partial charge in [-0.1, -0.05) is 6.92 Å². The van der Waals surface area contributed by atoms with Gasteiger partial charge >= 0.3 is 0 Å². The fraction of sp³-hybridized carbons (Fsp3) is 0.333. The van der Waals surface area contributed by atoms with Gasteiger partial charge in [0.15, 0.2) is 0 Å². The molecule has 0 saturated carbocycles. The van der Waals surface area contributed by atoms with Crippen molar-refractivity contribution in [2.75, 3.05) is 10.5 Å². The van der Waals surface area contributed by atoms with Gasteiger partial charge in [-0.2, -0.15) is 0 Å². The minimum atomic E-state index is -3.83. The number of halogens is 2. The summed E-state index contributed by atoms with van der Waals surface area (Å²) < 4.78 is 48.0. The van der Waals surface area contributed by atoms with Crippen molar-refractivity contribution in [1.29, 1.82) is 0 Å². The highest BCUT2D eigenvalue weighted by Gasteiger charge is 2.15. The summed E-state index contributed by atoms with van der Waals surface area (Å²) >= 11 is 3.09. The van der Waals surface area contributed by atoms with E-state index in [1.54, 1.807) is 6.92 Å². The Balaban J connectivity index is 3.08. The van der Waals surface area contributed by atoms with Crippen LogP contribution in [0.5, 0.6) is 0 Å². The third kappa shape index (κ3) is 4.42. The third-order valence-corrected chi connectivity index (χ3v) is 5.44. The highest BCUT2D eigenvalue weighted by atomic mass is 79.9. The second-order valence-corrected chi connectivity index (χ2v) is 8.76. The average molecular weight is 377 g/mol. The molecule has 5 nitrogen and oxygen atoms in total. The summed E-state index contributed by atoms with van der Waals surface area (Å²) in [5, 5.41) is 0. The summed E-state index contributed by atoms with van der Waals surface area (Å²) in [5.41, 5.74) is 0.271. The summed E-state index contributed by atoms with van der Waals surface area (Å²) in [7, 11) is -2.07. The van der Waals surface area contributed by atoms with Crippen LogP contribution >= 0.6 is 26.6 Å². The van der Waals surface area contributed by atoms with Crippen LogP contribution in [0.4, 0.5) is 5.69 Å². The molecule has 1 aromatic rings. The Bertz CT molecular complexity index is 643. The molecule has 18 heavy (non-hydrogen) atoms. The van der Waals surface area contributed by atoms with Crippen molar-refractivity contribution in [1.82, 2.24) is 0 Å². The van der Waals surface area contributed by atoms with Gasteiger partial charge in [0.05, 0.1) is 16.3 Å². The summed E-state index contributed by atoms with van der Waals surface area (Å²) in [6.45, 7) is 1.75. The van der Waals surface area contributed by atoms with E-state index in [4.69, 9.17) is 10.7 Å². The molecule has 0 amide bonds. The first-order valence-electron chi connectivity index (χ1n) is 4.90. The van der Waals surface area contributed by atoms with Crippen molar-refractivity contribution < 1.29 is 16.8 Å². The molecule has 9 heteroatoms. The summed E-state index contributed by atoms with van der Waals surface area (Å²) in [5.74, 6) is -0.00496. The Morgan fingerprint density at radius 1 is 1.28 bits per heavy atom. The standard InChI is InChI=1S/C9H11BrClNO4S2/c1-2-5-17(13,14)12-9-4-3-7(6-8(9)10)18(11,15)16/h3-4,6,12H,2,5H2,1H3. The van der Waals surface area contributed by atoms with E-state index in [-0.39, 0.29) is 16.3 Å². The molecule has 0 saturated heterocycles. The van der Waals surface area contributed by atoms with Gasteiger partial charge in [0, 0.05) is 15.2 Å². The molecule has 1 aromatic carbocycles. The van der Waals surface area contributed by atoms with Crippen LogP contribution in [-0.4, -0.2) is 22.6 Å². The maximum absolute atomic E-state index is 11.6. The van der Waals surface area contributed by atoms with Crippen molar-refractivity contribution in [2.24, 2.45) is 0 Å². The topological polar surface area (TPSA) is 80.3 Å². The zero-order valence-electron chi connectivity index (χ0n) is 9.35. The van der Waals surface area contributed by atoms with Crippen molar-refractivity contribution in [2.45, 2.75) is 18.2 Å². The van der Waals surface area contributed by atoms with Crippen molar-refractivity contribution in [3.8, 4) is 0 Å². The number of hydrogen-bond acceptors (Lipinski definition) is 4. The van der Waals surface area contributed by atoms with Crippen LogP contribution < -0.4 is 4.72 Å². The van der Waals surface area contributed by atoms with Gasteiger partial charge in [-0.15, -0.1) is 0 Å². The molecule has 0 heterocycles. The Morgan fingerprint density at radius 3 is 2.33 bits per heavy atom. The molecule has 102 valence electrons. The monoisotopic (exact) mass is 375 g/mol. The highest BCUT2D eigenvalue weighted by molar-refractivity contribution is 9.10. The first-order valence-corrected chi connectivity index (χ1v) is 9.66. The van der Waals surface area contributed by atoms with Crippen LogP contribution in [0.15, 0.2) is 27.6 Å². The maximum Gasteiger partial charge on any atom is 0.261 e. The molecule has 1 rings (SSSR count). The lowest BCUT2D eigenvalue weighted by molar-refractivity contribution is 0.599. The maximum atomic E-state index is 11.6. The van der Waals surface area contributed by atoms with E-state index >= 15 is 0 Å². The number of hydrogen-bond donors (Lipinski definition) is 1. The second-order valence-electron chi connectivity index (χ2n) is 3.50. The van der Waals surface area contributed by atoms with E-state index in [9.17, 15) is 16.8 Å². The predicted octanol–water partition coefficient (Wildman–Crippen LogP) is 2.53. The number of anilines is 1. The van der Waals surface area contributed by atoms with Gasteiger partial charge in [-0.05, 0) is 40.5 Å². The number of sulfonamides is 1. The first kappa shape index (κ1) is 15.7. The van der Waals surface area contributed by atoms with Crippen LogP contribution in [-0.2, 0) is 19.1 Å². The summed E-state index contributed by atoms with van der Waals surface area (Å²) in [4.78, 5) is -0.102. The van der Waals surface area contributed by atoms with Gasteiger partial charge in [0.25, 0.3) is 9.05 Å². The molecule has 0 aromatic heterocycles. The molecule has 1 N–H and O–H groups in total. The molecular weight excluding hydrogens is 366 g/mol. The van der Waals surface area contributed by atoms with Crippen LogP contribution in [0.3, 0.4) is 0 Å². The smallest absolute Gasteiger partial charge is 0.261 e. The van der Waals surface area contributed by atoms with Crippen molar-refractivity contribution in [3.05, 3.63) is 22.7 Å². The largest absolute Gasteiger partial charge is 0.282 e. The number of nitrogens with one attached hydrogen (secondary N) is 1. The lowest BCUT2D eigenvalue weighted by Gasteiger charge is -2.09. The van der Waals surface area contributed by atoms with E-state index in [0.29, 0.717) is 10.9 Å². The van der Waals surface area contributed by atoms with Gasteiger partial charge in [0.1, 0.15) is 0 Å². The molecule has 0 aliphatic heterocycles. The zero-order valence-corrected chi connectivity index (χ0v) is 13.3. The van der Waals surface area contributed by atoms with E-state index < -0.39 is 19.1 Å². The first-order chi connectivity index (χ1) is 8.15. The lowest BCUT2D eigenvalue weighted by atomic mass is 10.3. The fourth-order valence-electron chi connectivity index (χ4n) is 1.22. The Kier molecular flexibility index (Phi) is 5.05. The van der Waals surface area contributed by atoms with Crippen LogP contribution in [0, 0.1) is 0 Å². The van der Waals surface area contributed by atoms with Crippen LogP contribution in [0.25, 0.3) is 0 Å². The number of benzene rings is 1. The molecule has 0 aliphatic carbocycles. The fourth-order valence-corrected chi connectivity index (χ4v) is 3.91. The Hall–Kier alpha value is -0.310. The van der Waals surface area contributed by atoms with Gasteiger partial charge in [0.2, 0.25) is 10.0 Å². The Labute approximate surface area is 119 Å². The molecule has 0 bridgehead atoms. The molecular formula is C9H11BrClNO4S2. The lowest BCUT2D eigenvalue weighted by Crippen LogP contribution is -2.16. The van der Waals surface area contributed by atoms with E-state index in [0.717, 1.165) is 0 Å². The molecule has 0 unspecified atom stereocenters. The molecule has 0 spiro atoms. The van der Waals surface area contributed by atoms with E-state index in [1.807, 2.05) is 0 Å². The Morgan fingerprint density at radius 2 is 1.89 bits per heavy atom. The number of rotatable bonds is 5. The van der Waals surface area contributed by atoms with Crippen LogP contribution in [0.2, 0.25) is 0 Å². The van der Waals surface area contributed by atoms with E-state index in [2.05, 4.69) is 20.7 Å². The molecule has 0 fully saturated rings. The zero-order chi connectivity index (χ0) is 14.0. The van der Waals surface area contributed by atoms with Crippen molar-refractivity contribution in [3.63, 3.8) is 0 Å². The molecule has 0 atom stereocenters. The van der Waals surface area contributed by atoms with Gasteiger partial charge in [-0.3, -0.25) is 4.72 Å². The van der Waals surface area contributed by atoms with Crippen LogP contribution in [0.1, 0.15) is 13.3 Å². The third-order valence-electron chi connectivity index (χ3n) is 1.96. The second kappa shape index (κ2) is 5.77. The van der Waals surface area contributed by atoms with Gasteiger partial charge in [-0.25, -0.2) is 16.8 Å². The SMILES string of the molecule is CCCS(=O)(=O)Nc1ccc(S(=O)(=O)Cl)cc1Br. The van der Waals surface area contributed by atoms with Crippen molar-refractivity contribution >= 4 is 51.4 Å².